The first-order valence-corrected chi connectivity index (χ1v) is 19.0. The van der Waals surface area contributed by atoms with Crippen molar-refractivity contribution in [2.75, 3.05) is 4.90 Å². The molecular formula is C49H31N3S. The standard InChI is InChI=1S/C49H31N3S/c1-50-41-18-5-3-13-39(41)47-33(14-9-20-43(47)50)30-23-25-31(26-24-30)51(32-27-28-46-40(29-32)35-12-4-7-22-45(35)53-46)44-21-10-17-38-37-16-8-15-36-34-11-2-6-19-42(34)52(48(36)37)49(38)44/h2-29H,1H3. The van der Waals surface area contributed by atoms with Crippen molar-refractivity contribution >= 4 is 108 Å². The van der Waals surface area contributed by atoms with Crippen molar-refractivity contribution < 1.29 is 0 Å². The number of benzene rings is 8. The topological polar surface area (TPSA) is 12.6 Å². The summed E-state index contributed by atoms with van der Waals surface area (Å²) in [5.41, 5.74) is 12.1. The van der Waals surface area contributed by atoms with Gasteiger partial charge in [-0.25, -0.2) is 0 Å². The van der Waals surface area contributed by atoms with Crippen LogP contribution in [0.5, 0.6) is 0 Å². The molecule has 53 heavy (non-hydrogen) atoms. The Morgan fingerprint density at radius 3 is 1.89 bits per heavy atom. The molecule has 0 saturated carbocycles. The zero-order chi connectivity index (χ0) is 34.8. The van der Waals surface area contributed by atoms with E-state index in [4.69, 9.17) is 0 Å². The van der Waals surface area contributed by atoms with Crippen LogP contribution < -0.4 is 4.90 Å². The number of thiophene rings is 1. The molecule has 0 amide bonds. The highest BCUT2D eigenvalue weighted by Gasteiger charge is 2.24. The van der Waals surface area contributed by atoms with Crippen LogP contribution in [0.1, 0.15) is 0 Å². The first-order chi connectivity index (χ1) is 26.2. The van der Waals surface area contributed by atoms with E-state index < -0.39 is 0 Å². The maximum Gasteiger partial charge on any atom is 0.0782 e. The van der Waals surface area contributed by atoms with E-state index in [0.717, 1.165) is 17.1 Å². The number of fused-ring (bicyclic) bond motifs is 12. The van der Waals surface area contributed by atoms with E-state index in [-0.39, 0.29) is 0 Å². The highest BCUT2D eigenvalue weighted by molar-refractivity contribution is 7.25. The van der Waals surface area contributed by atoms with Gasteiger partial charge in [-0.05, 0) is 71.8 Å². The third-order valence-electron chi connectivity index (χ3n) is 11.5. The summed E-state index contributed by atoms with van der Waals surface area (Å²) in [5, 5.41) is 10.3. The van der Waals surface area contributed by atoms with Gasteiger partial charge in [-0.15, -0.1) is 11.3 Å². The first kappa shape index (κ1) is 29.0. The second-order valence-electron chi connectivity index (χ2n) is 14.2. The number of aromatic nitrogens is 2. The van der Waals surface area contributed by atoms with Gasteiger partial charge in [0.1, 0.15) is 0 Å². The van der Waals surface area contributed by atoms with E-state index in [1.165, 1.54) is 91.2 Å². The number of hydrogen-bond donors (Lipinski definition) is 0. The molecule has 3 nitrogen and oxygen atoms in total. The van der Waals surface area contributed by atoms with Gasteiger partial charge in [0.05, 0.1) is 22.2 Å². The number of anilines is 3. The molecule has 0 saturated heterocycles. The largest absolute Gasteiger partial charge is 0.344 e. The van der Waals surface area contributed by atoms with Gasteiger partial charge in [-0.1, -0.05) is 109 Å². The summed E-state index contributed by atoms with van der Waals surface area (Å²) in [6.07, 6.45) is 0. The van der Waals surface area contributed by atoms with E-state index in [0.29, 0.717) is 0 Å². The fourth-order valence-corrected chi connectivity index (χ4v) is 10.2. The summed E-state index contributed by atoms with van der Waals surface area (Å²) < 4.78 is 7.43. The Balaban J connectivity index is 1.13. The molecule has 0 aliphatic heterocycles. The fourth-order valence-electron chi connectivity index (χ4n) is 9.15. The van der Waals surface area contributed by atoms with E-state index in [9.17, 15) is 0 Å². The molecule has 0 aliphatic rings. The molecule has 0 fully saturated rings. The van der Waals surface area contributed by atoms with Gasteiger partial charge in [0.25, 0.3) is 0 Å². The van der Waals surface area contributed by atoms with Crippen LogP contribution in [0.15, 0.2) is 170 Å². The van der Waals surface area contributed by atoms with Crippen LogP contribution in [-0.4, -0.2) is 8.97 Å². The summed E-state index contributed by atoms with van der Waals surface area (Å²) in [6, 6.07) is 62.8. The van der Waals surface area contributed by atoms with Crippen molar-refractivity contribution in [1.82, 2.24) is 8.97 Å². The Morgan fingerprint density at radius 1 is 0.434 bits per heavy atom. The summed E-state index contributed by atoms with van der Waals surface area (Å²) in [7, 11) is 2.17. The Hall–Kier alpha value is -6.62. The second-order valence-corrected chi connectivity index (χ2v) is 15.2. The van der Waals surface area contributed by atoms with Crippen molar-refractivity contribution in [3.05, 3.63) is 170 Å². The summed E-state index contributed by atoms with van der Waals surface area (Å²) in [6.45, 7) is 0. The van der Waals surface area contributed by atoms with Gasteiger partial charge in [-0.3, -0.25) is 0 Å². The maximum absolute atomic E-state index is 2.51. The van der Waals surface area contributed by atoms with Gasteiger partial charge >= 0.3 is 0 Å². The van der Waals surface area contributed by atoms with E-state index in [2.05, 4.69) is 191 Å². The first-order valence-electron chi connectivity index (χ1n) is 18.2. The molecule has 0 radical (unpaired) electrons. The SMILES string of the molecule is Cn1c2ccccc2c2c(-c3ccc(N(c4ccc5sc6ccccc6c5c4)c4cccc5c6cccc7c8ccccc8n(c45)c76)cc3)cccc21. The van der Waals surface area contributed by atoms with Gasteiger partial charge in [0.15, 0.2) is 0 Å². The molecule has 0 atom stereocenters. The van der Waals surface area contributed by atoms with E-state index in [1.807, 2.05) is 11.3 Å². The molecule has 0 N–H and O–H groups in total. The lowest BCUT2D eigenvalue weighted by Gasteiger charge is -2.27. The Morgan fingerprint density at radius 2 is 1.04 bits per heavy atom. The molecule has 0 aliphatic carbocycles. The molecule has 4 aromatic heterocycles. The predicted octanol–water partition coefficient (Wildman–Crippen LogP) is 14.0. The van der Waals surface area contributed by atoms with Gasteiger partial charge in [0, 0.05) is 81.9 Å². The minimum Gasteiger partial charge on any atom is -0.344 e. The quantitative estimate of drug-likeness (QED) is 0.179. The van der Waals surface area contributed by atoms with Crippen molar-refractivity contribution in [2.24, 2.45) is 7.05 Å². The third kappa shape index (κ3) is 3.93. The molecule has 8 aromatic carbocycles. The number of rotatable bonds is 4. The van der Waals surface area contributed by atoms with Gasteiger partial charge in [-0.2, -0.15) is 0 Å². The molecule has 0 bridgehead atoms. The molecular weight excluding hydrogens is 663 g/mol. The predicted molar refractivity (Wildman–Crippen MR) is 228 cm³/mol. The highest BCUT2D eigenvalue weighted by Crippen LogP contribution is 2.47. The zero-order valence-electron chi connectivity index (χ0n) is 28.9. The molecule has 4 heterocycles. The average Bonchev–Trinajstić information content (AvgIpc) is 3.95. The van der Waals surface area contributed by atoms with E-state index in [1.54, 1.807) is 0 Å². The molecule has 4 heteroatoms. The van der Waals surface area contributed by atoms with Gasteiger partial charge < -0.3 is 13.9 Å². The summed E-state index contributed by atoms with van der Waals surface area (Å²) >= 11 is 1.86. The second kappa shape index (κ2) is 10.7. The average molecular weight is 694 g/mol. The van der Waals surface area contributed by atoms with Crippen molar-refractivity contribution in [3.8, 4) is 11.1 Å². The van der Waals surface area contributed by atoms with Gasteiger partial charge in [0.2, 0.25) is 0 Å². The Labute approximate surface area is 309 Å². The third-order valence-corrected chi connectivity index (χ3v) is 12.6. The molecule has 12 rings (SSSR count). The maximum atomic E-state index is 2.51. The number of para-hydroxylation sites is 4. The lowest BCUT2D eigenvalue weighted by molar-refractivity contribution is 1.01. The monoisotopic (exact) mass is 693 g/mol. The molecule has 12 aromatic rings. The molecule has 0 unspecified atom stereocenters. The van der Waals surface area contributed by atoms with Crippen LogP contribution in [0.2, 0.25) is 0 Å². The van der Waals surface area contributed by atoms with E-state index >= 15 is 0 Å². The smallest absolute Gasteiger partial charge is 0.0782 e. The fraction of sp³-hybridized carbons (Fsp3) is 0.0204. The Bertz CT molecular complexity index is 3420. The van der Waals surface area contributed by atoms with Crippen LogP contribution in [0.25, 0.3) is 91.2 Å². The molecule has 0 spiro atoms. The zero-order valence-corrected chi connectivity index (χ0v) is 29.7. The molecule has 248 valence electrons. The normalized spacial score (nSPS) is 12.2. The van der Waals surface area contributed by atoms with Crippen molar-refractivity contribution in [2.45, 2.75) is 0 Å². The number of nitrogens with zero attached hydrogens (tertiary/aromatic N) is 3. The van der Waals surface area contributed by atoms with Crippen LogP contribution in [-0.2, 0) is 7.05 Å². The minimum absolute atomic E-state index is 1.12. The minimum atomic E-state index is 1.12. The van der Waals surface area contributed by atoms with Crippen molar-refractivity contribution in [3.63, 3.8) is 0 Å². The lowest BCUT2D eigenvalue weighted by atomic mass is 9.99. The van der Waals surface area contributed by atoms with Crippen LogP contribution in [0.4, 0.5) is 17.1 Å². The highest BCUT2D eigenvalue weighted by atomic mass is 32.1. The van der Waals surface area contributed by atoms with Crippen molar-refractivity contribution in [1.29, 1.82) is 0 Å². The Kier molecular flexibility index (Phi) is 5.86. The summed E-state index contributed by atoms with van der Waals surface area (Å²) in [4.78, 5) is 2.47. The van der Waals surface area contributed by atoms with Crippen LogP contribution >= 0.6 is 11.3 Å². The number of hydrogen-bond acceptors (Lipinski definition) is 2. The summed E-state index contributed by atoms with van der Waals surface area (Å²) in [5.74, 6) is 0. The number of aryl methyl sites for hydroxylation is 1. The van der Waals surface area contributed by atoms with Crippen LogP contribution in [0.3, 0.4) is 0 Å². The van der Waals surface area contributed by atoms with Crippen LogP contribution in [0, 0.1) is 0 Å². The lowest BCUT2D eigenvalue weighted by Crippen LogP contribution is -2.11.